The smallest absolute Gasteiger partial charge is 0.407 e. The Labute approximate surface area is 114 Å². The number of carbonyl (C=O) groups excluding carboxylic acids is 1. The molecule has 3 N–H and O–H groups in total. The minimum absolute atomic E-state index is 0.0846. The van der Waals surface area contributed by atoms with Crippen LogP contribution in [0.25, 0.3) is 0 Å². The second-order valence-corrected chi connectivity index (χ2v) is 4.43. The summed E-state index contributed by atoms with van der Waals surface area (Å²) in [5.41, 5.74) is 0. The lowest BCUT2D eigenvalue weighted by atomic mass is 10.2. The number of carbonyl (C=O) groups is 1. The molecule has 1 fully saturated rings. The Morgan fingerprint density at radius 1 is 1.53 bits per heavy atom. The molecule has 0 spiro atoms. The molecule has 0 radical (unpaired) electrons. The number of nitrogens with zero attached hydrogens (tertiary/aromatic N) is 1. The molecule has 1 rings (SSSR count). The molecule has 1 amide bonds. The van der Waals surface area contributed by atoms with Crippen molar-refractivity contribution in [3.63, 3.8) is 0 Å². The second kappa shape index (κ2) is 8.39. The van der Waals surface area contributed by atoms with Gasteiger partial charge >= 0.3 is 6.09 Å². The molecule has 1 saturated carbocycles. The fourth-order valence-electron chi connectivity index (χ4n) is 1.75. The van der Waals surface area contributed by atoms with E-state index in [0.29, 0.717) is 31.6 Å². The Balaban J connectivity index is 2.36. The van der Waals surface area contributed by atoms with Crippen LogP contribution >= 0.6 is 0 Å². The fraction of sp³-hybridized carbons (Fsp3) is 0.692. The molecule has 1 unspecified atom stereocenters. The normalized spacial score (nSPS) is 16.4. The molecule has 0 heterocycles. The molecular formula is C13H24N4O2. The highest BCUT2D eigenvalue weighted by Crippen LogP contribution is 2.32. The maximum Gasteiger partial charge on any atom is 0.407 e. The minimum Gasteiger partial charge on any atom is -0.450 e. The van der Waals surface area contributed by atoms with Crippen LogP contribution in [0.1, 0.15) is 19.8 Å². The zero-order chi connectivity index (χ0) is 14.1. The van der Waals surface area contributed by atoms with Crippen LogP contribution in [0, 0.1) is 5.92 Å². The van der Waals surface area contributed by atoms with Crippen molar-refractivity contribution in [3.8, 4) is 0 Å². The Hall–Kier alpha value is -1.72. The van der Waals surface area contributed by atoms with Gasteiger partial charge in [0, 0.05) is 20.1 Å². The van der Waals surface area contributed by atoms with Gasteiger partial charge in [-0.25, -0.2) is 4.79 Å². The van der Waals surface area contributed by atoms with E-state index in [0.717, 1.165) is 12.8 Å². The standard InChI is InChI=1S/C13H24N4O2/c1-4-8-15-12(14-3)16-9-11(10-6-7-10)17-13(18)19-5-2/h4,10-11H,1,5-9H2,2-3H3,(H,17,18)(H2,14,15,16). The van der Waals surface area contributed by atoms with E-state index in [2.05, 4.69) is 27.5 Å². The Bertz CT molecular complexity index is 327. The number of amides is 1. The van der Waals surface area contributed by atoms with Crippen LogP contribution in [0.15, 0.2) is 17.6 Å². The van der Waals surface area contributed by atoms with Gasteiger partial charge < -0.3 is 20.7 Å². The van der Waals surface area contributed by atoms with Gasteiger partial charge in [-0.15, -0.1) is 6.58 Å². The first-order chi connectivity index (χ1) is 9.21. The molecule has 0 bridgehead atoms. The number of alkyl carbamates (subject to hydrolysis) is 1. The van der Waals surface area contributed by atoms with Crippen molar-refractivity contribution < 1.29 is 9.53 Å². The van der Waals surface area contributed by atoms with Crippen LogP contribution in [0.3, 0.4) is 0 Å². The molecule has 1 aliphatic rings. The van der Waals surface area contributed by atoms with Crippen molar-refractivity contribution in [2.45, 2.75) is 25.8 Å². The van der Waals surface area contributed by atoms with Crippen molar-refractivity contribution >= 4 is 12.1 Å². The van der Waals surface area contributed by atoms with Crippen LogP contribution in [0.4, 0.5) is 4.79 Å². The van der Waals surface area contributed by atoms with Crippen LogP contribution in [-0.4, -0.2) is 44.8 Å². The van der Waals surface area contributed by atoms with Gasteiger partial charge in [-0.1, -0.05) is 6.08 Å². The molecular weight excluding hydrogens is 244 g/mol. The average molecular weight is 268 g/mol. The van der Waals surface area contributed by atoms with E-state index in [1.54, 1.807) is 20.0 Å². The highest BCUT2D eigenvalue weighted by atomic mass is 16.5. The Kier molecular flexibility index (Phi) is 6.78. The molecule has 0 aliphatic heterocycles. The third kappa shape index (κ3) is 6.13. The lowest BCUT2D eigenvalue weighted by Crippen LogP contribution is -2.48. The first-order valence-electron chi connectivity index (χ1n) is 6.70. The molecule has 0 aromatic rings. The summed E-state index contributed by atoms with van der Waals surface area (Å²) in [7, 11) is 1.71. The predicted octanol–water partition coefficient (Wildman–Crippen LogP) is 0.862. The first-order valence-corrected chi connectivity index (χ1v) is 6.70. The second-order valence-electron chi connectivity index (χ2n) is 4.43. The Morgan fingerprint density at radius 2 is 2.26 bits per heavy atom. The molecule has 19 heavy (non-hydrogen) atoms. The molecule has 0 aromatic carbocycles. The summed E-state index contributed by atoms with van der Waals surface area (Å²) in [6.07, 6.45) is 3.71. The molecule has 1 atom stereocenters. The van der Waals surface area contributed by atoms with Gasteiger partial charge in [-0.2, -0.15) is 0 Å². The summed E-state index contributed by atoms with van der Waals surface area (Å²) in [5, 5.41) is 9.17. The number of nitrogens with one attached hydrogen (secondary N) is 3. The number of hydrogen-bond donors (Lipinski definition) is 3. The monoisotopic (exact) mass is 268 g/mol. The summed E-state index contributed by atoms with van der Waals surface area (Å²) in [5.74, 6) is 1.24. The van der Waals surface area contributed by atoms with Crippen molar-refractivity contribution in [1.29, 1.82) is 0 Å². The summed E-state index contributed by atoms with van der Waals surface area (Å²) in [4.78, 5) is 15.5. The summed E-state index contributed by atoms with van der Waals surface area (Å²) < 4.78 is 4.91. The first kappa shape index (κ1) is 15.3. The van der Waals surface area contributed by atoms with Gasteiger partial charge in [-0.3, -0.25) is 4.99 Å². The van der Waals surface area contributed by atoms with Crippen molar-refractivity contribution in [2.75, 3.05) is 26.7 Å². The molecule has 0 saturated heterocycles. The highest BCUT2D eigenvalue weighted by molar-refractivity contribution is 5.79. The molecule has 108 valence electrons. The maximum atomic E-state index is 11.5. The average Bonchev–Trinajstić information content (AvgIpc) is 3.22. The number of guanidine groups is 1. The van der Waals surface area contributed by atoms with E-state index >= 15 is 0 Å². The van der Waals surface area contributed by atoms with Crippen LogP contribution in [0.2, 0.25) is 0 Å². The van der Waals surface area contributed by atoms with Crippen molar-refractivity contribution in [3.05, 3.63) is 12.7 Å². The topological polar surface area (TPSA) is 74.8 Å². The lowest BCUT2D eigenvalue weighted by Gasteiger charge is -2.20. The zero-order valence-corrected chi connectivity index (χ0v) is 11.7. The van der Waals surface area contributed by atoms with Gasteiger partial charge in [0.25, 0.3) is 0 Å². The number of hydrogen-bond acceptors (Lipinski definition) is 3. The molecule has 6 heteroatoms. The van der Waals surface area contributed by atoms with Gasteiger partial charge in [-0.05, 0) is 25.7 Å². The van der Waals surface area contributed by atoms with Gasteiger partial charge in [0.05, 0.1) is 12.6 Å². The third-order valence-electron chi connectivity index (χ3n) is 2.90. The van der Waals surface area contributed by atoms with Crippen LogP contribution in [-0.2, 0) is 4.74 Å². The lowest BCUT2D eigenvalue weighted by molar-refractivity contribution is 0.146. The summed E-state index contributed by atoms with van der Waals surface area (Å²) in [6.45, 7) is 7.12. The SMILES string of the molecule is C=CCNC(=NC)NCC(NC(=O)OCC)C1CC1. The van der Waals surface area contributed by atoms with E-state index < -0.39 is 0 Å². The number of aliphatic imine (C=N–C) groups is 1. The predicted molar refractivity (Wildman–Crippen MR) is 76.2 cm³/mol. The summed E-state index contributed by atoms with van der Waals surface area (Å²) >= 11 is 0. The van der Waals surface area contributed by atoms with E-state index in [9.17, 15) is 4.79 Å². The number of ether oxygens (including phenoxy) is 1. The van der Waals surface area contributed by atoms with E-state index in [-0.39, 0.29) is 12.1 Å². The highest BCUT2D eigenvalue weighted by Gasteiger charge is 2.32. The van der Waals surface area contributed by atoms with Gasteiger partial charge in [0.1, 0.15) is 0 Å². The third-order valence-corrected chi connectivity index (χ3v) is 2.90. The van der Waals surface area contributed by atoms with Crippen molar-refractivity contribution in [2.24, 2.45) is 10.9 Å². The number of rotatable bonds is 7. The molecule has 6 nitrogen and oxygen atoms in total. The van der Waals surface area contributed by atoms with E-state index in [4.69, 9.17) is 4.74 Å². The van der Waals surface area contributed by atoms with Crippen LogP contribution < -0.4 is 16.0 Å². The molecule has 0 aromatic heterocycles. The quantitative estimate of drug-likeness (QED) is 0.364. The fourth-order valence-corrected chi connectivity index (χ4v) is 1.75. The van der Waals surface area contributed by atoms with E-state index in [1.807, 2.05) is 0 Å². The summed E-state index contributed by atoms with van der Waals surface area (Å²) in [6, 6.07) is 0.0846. The Morgan fingerprint density at radius 3 is 2.79 bits per heavy atom. The molecule has 1 aliphatic carbocycles. The van der Waals surface area contributed by atoms with Gasteiger partial charge in [0.2, 0.25) is 0 Å². The zero-order valence-electron chi connectivity index (χ0n) is 11.7. The largest absolute Gasteiger partial charge is 0.450 e. The van der Waals surface area contributed by atoms with E-state index in [1.165, 1.54) is 0 Å². The maximum absolute atomic E-state index is 11.5. The minimum atomic E-state index is -0.352. The van der Waals surface area contributed by atoms with Gasteiger partial charge in [0.15, 0.2) is 5.96 Å². The van der Waals surface area contributed by atoms with Crippen molar-refractivity contribution in [1.82, 2.24) is 16.0 Å². The van der Waals surface area contributed by atoms with Crippen LogP contribution in [0.5, 0.6) is 0 Å².